The normalized spacial score (nSPS) is 16.6. The zero-order valence-corrected chi connectivity index (χ0v) is 12.9. The number of anilines is 1. The van der Waals surface area contributed by atoms with Gasteiger partial charge in [-0.3, -0.25) is 4.79 Å². The van der Waals surface area contributed by atoms with E-state index >= 15 is 0 Å². The molecule has 0 aliphatic carbocycles. The molecule has 1 aliphatic heterocycles. The molecule has 1 atom stereocenters. The zero-order chi connectivity index (χ0) is 16.6. The molecule has 118 valence electrons. The molecule has 0 fully saturated rings. The molecule has 0 unspecified atom stereocenters. The Bertz CT molecular complexity index is 807. The highest BCUT2D eigenvalue weighted by atomic mass is 16.5. The molecule has 2 aromatic rings. The molecule has 1 N–H and O–H groups in total. The van der Waals surface area contributed by atoms with Crippen LogP contribution in [-0.2, 0) is 14.3 Å². The van der Waals surface area contributed by atoms with E-state index in [0.717, 1.165) is 11.1 Å². The summed E-state index contributed by atoms with van der Waals surface area (Å²) >= 11 is 0. The molecule has 23 heavy (non-hydrogen) atoms. The van der Waals surface area contributed by atoms with Gasteiger partial charge in [-0.05, 0) is 29.8 Å². The van der Waals surface area contributed by atoms with Crippen molar-refractivity contribution in [2.75, 3.05) is 12.4 Å². The summed E-state index contributed by atoms with van der Waals surface area (Å²) in [6, 6.07) is 7.03. The van der Waals surface area contributed by atoms with Gasteiger partial charge in [0.15, 0.2) is 5.78 Å². The molecule has 8 nitrogen and oxygen atoms in total. The van der Waals surface area contributed by atoms with Crippen LogP contribution < -0.4 is 5.32 Å². The van der Waals surface area contributed by atoms with E-state index in [1.807, 2.05) is 31.2 Å². The molecule has 1 aromatic heterocycles. The first-order valence-corrected chi connectivity index (χ1v) is 6.97. The van der Waals surface area contributed by atoms with Crippen molar-refractivity contribution in [3.63, 3.8) is 0 Å². The number of carbonyl (C=O) groups excluding carboxylic acids is 2. The Kier molecular flexibility index (Phi) is 3.65. The molecule has 0 amide bonds. The summed E-state index contributed by atoms with van der Waals surface area (Å²) in [6.07, 6.45) is 0. The number of methoxy groups -OCH3 is 1. The van der Waals surface area contributed by atoms with Gasteiger partial charge >= 0.3 is 5.97 Å². The van der Waals surface area contributed by atoms with Crippen LogP contribution in [-0.4, -0.2) is 39.1 Å². The third kappa shape index (κ3) is 2.48. The Morgan fingerprint density at radius 2 is 1.96 bits per heavy atom. The van der Waals surface area contributed by atoms with Gasteiger partial charge in [-0.25, -0.2) is 4.79 Å². The highest BCUT2D eigenvalue weighted by Crippen LogP contribution is 2.35. The van der Waals surface area contributed by atoms with Crippen molar-refractivity contribution in [3.05, 3.63) is 46.7 Å². The van der Waals surface area contributed by atoms with Crippen molar-refractivity contribution in [3.8, 4) is 0 Å². The minimum atomic E-state index is -0.637. The number of hydrogen-bond acceptors (Lipinski definition) is 7. The van der Waals surface area contributed by atoms with Gasteiger partial charge in [-0.15, -0.1) is 0 Å². The number of ether oxygens (including phenoxy) is 1. The summed E-state index contributed by atoms with van der Waals surface area (Å²) in [5.41, 5.74) is 2.21. The third-order valence-electron chi connectivity index (χ3n) is 3.68. The Labute approximate surface area is 132 Å². The predicted octanol–water partition coefficient (Wildman–Crippen LogP) is 1.01. The molecule has 0 saturated carbocycles. The van der Waals surface area contributed by atoms with Crippen LogP contribution in [0.4, 0.5) is 5.95 Å². The minimum Gasteiger partial charge on any atom is -0.464 e. The van der Waals surface area contributed by atoms with Crippen LogP contribution in [0.1, 0.15) is 24.1 Å². The van der Waals surface area contributed by atoms with Crippen molar-refractivity contribution in [1.29, 1.82) is 0 Å². The molecule has 8 heteroatoms. The number of nitrogens with zero attached hydrogens (tertiary/aromatic N) is 4. The van der Waals surface area contributed by atoms with E-state index in [1.165, 1.54) is 18.7 Å². The number of carbonyl (C=O) groups is 2. The number of nitrogens with one attached hydrogen (secondary N) is 1. The fraction of sp³-hybridized carbons (Fsp3) is 0.267. The van der Waals surface area contributed by atoms with Crippen LogP contribution in [0.15, 0.2) is 35.5 Å². The smallest absolute Gasteiger partial charge is 0.355 e. The number of benzene rings is 1. The molecule has 0 radical (unpaired) electrons. The van der Waals surface area contributed by atoms with Crippen LogP contribution in [0, 0.1) is 6.92 Å². The number of tetrazole rings is 1. The largest absolute Gasteiger partial charge is 0.464 e. The highest BCUT2D eigenvalue weighted by molar-refractivity contribution is 6.05. The number of fused-ring (bicyclic) bond motifs is 1. The summed E-state index contributed by atoms with van der Waals surface area (Å²) in [7, 11) is 1.26. The minimum absolute atomic E-state index is 0.0628. The Morgan fingerprint density at radius 1 is 1.26 bits per heavy atom. The Morgan fingerprint density at radius 3 is 2.57 bits per heavy atom. The van der Waals surface area contributed by atoms with Gasteiger partial charge in [0.05, 0.1) is 12.7 Å². The third-order valence-corrected chi connectivity index (χ3v) is 3.68. The number of esters is 1. The maximum Gasteiger partial charge on any atom is 0.355 e. The van der Waals surface area contributed by atoms with Crippen molar-refractivity contribution in [2.24, 2.45) is 0 Å². The molecular formula is C15H15N5O3. The lowest BCUT2D eigenvalue weighted by atomic mass is 9.92. The van der Waals surface area contributed by atoms with Crippen LogP contribution >= 0.6 is 0 Å². The van der Waals surface area contributed by atoms with Gasteiger partial charge in [0.1, 0.15) is 11.7 Å². The second-order valence-corrected chi connectivity index (χ2v) is 5.22. The fourth-order valence-corrected chi connectivity index (χ4v) is 2.58. The first-order valence-electron chi connectivity index (χ1n) is 6.97. The first kappa shape index (κ1) is 14.9. The van der Waals surface area contributed by atoms with Gasteiger partial charge < -0.3 is 10.1 Å². The summed E-state index contributed by atoms with van der Waals surface area (Å²) in [5.74, 6) is -0.618. The molecule has 3 rings (SSSR count). The van der Waals surface area contributed by atoms with Crippen molar-refractivity contribution >= 4 is 17.7 Å². The second-order valence-electron chi connectivity index (χ2n) is 5.22. The molecule has 1 aromatic carbocycles. The van der Waals surface area contributed by atoms with Crippen LogP contribution in [0.25, 0.3) is 0 Å². The van der Waals surface area contributed by atoms with Gasteiger partial charge in [0.25, 0.3) is 0 Å². The number of hydrogen-bond donors (Lipinski definition) is 1. The van der Waals surface area contributed by atoms with Crippen LogP contribution in [0.5, 0.6) is 0 Å². The number of Topliss-reactive ketones (excluding diaryl/α,β-unsaturated/α-hetero) is 1. The van der Waals surface area contributed by atoms with E-state index in [0.29, 0.717) is 0 Å². The van der Waals surface area contributed by atoms with Crippen LogP contribution in [0.3, 0.4) is 0 Å². The van der Waals surface area contributed by atoms with Gasteiger partial charge in [-0.2, -0.15) is 4.68 Å². The molecule has 2 heterocycles. The van der Waals surface area contributed by atoms with E-state index < -0.39 is 12.0 Å². The fourth-order valence-electron chi connectivity index (χ4n) is 2.58. The lowest BCUT2D eigenvalue weighted by Gasteiger charge is -2.27. The second kappa shape index (κ2) is 5.64. The van der Waals surface area contributed by atoms with E-state index in [1.54, 1.807) is 0 Å². The van der Waals surface area contributed by atoms with Crippen molar-refractivity contribution in [1.82, 2.24) is 20.2 Å². The Balaban J connectivity index is 2.23. The average molecular weight is 313 g/mol. The summed E-state index contributed by atoms with van der Waals surface area (Å²) in [6.45, 7) is 3.37. The van der Waals surface area contributed by atoms with Gasteiger partial charge in [0.2, 0.25) is 5.95 Å². The van der Waals surface area contributed by atoms with Gasteiger partial charge in [-0.1, -0.05) is 34.9 Å². The van der Waals surface area contributed by atoms with E-state index in [4.69, 9.17) is 4.74 Å². The number of allylic oxidation sites excluding steroid dienone is 1. The maximum absolute atomic E-state index is 12.2. The van der Waals surface area contributed by atoms with Crippen molar-refractivity contribution in [2.45, 2.75) is 19.9 Å². The molecule has 1 aliphatic rings. The lowest BCUT2D eigenvalue weighted by Crippen LogP contribution is -2.32. The quantitative estimate of drug-likeness (QED) is 0.844. The Hall–Kier alpha value is -3.03. The summed E-state index contributed by atoms with van der Waals surface area (Å²) in [4.78, 5) is 24.3. The van der Waals surface area contributed by atoms with E-state index in [-0.39, 0.29) is 23.0 Å². The standard InChI is InChI=1S/C15H15N5O3/c1-8-4-6-10(7-5-8)13-11(9(2)21)12(14(22)23-3)16-15-17-18-19-20(13)15/h4-7,13H,1-3H3,(H,16,17,19)/t13-/m0/s1. The van der Waals surface area contributed by atoms with Crippen molar-refractivity contribution < 1.29 is 14.3 Å². The lowest BCUT2D eigenvalue weighted by molar-refractivity contribution is -0.136. The highest BCUT2D eigenvalue weighted by Gasteiger charge is 2.36. The molecule has 0 bridgehead atoms. The van der Waals surface area contributed by atoms with Gasteiger partial charge in [0, 0.05) is 0 Å². The first-order chi connectivity index (χ1) is 11.0. The predicted molar refractivity (Wildman–Crippen MR) is 80.5 cm³/mol. The summed E-state index contributed by atoms with van der Waals surface area (Å²) in [5, 5.41) is 14.2. The average Bonchev–Trinajstić information content (AvgIpc) is 3.01. The summed E-state index contributed by atoms with van der Waals surface area (Å²) < 4.78 is 6.26. The topological polar surface area (TPSA) is 99.0 Å². The number of aromatic nitrogens is 4. The monoisotopic (exact) mass is 313 g/mol. The van der Waals surface area contributed by atoms with Crippen LogP contribution in [0.2, 0.25) is 0 Å². The number of ketones is 1. The SMILES string of the molecule is COC(=O)C1=C(C(C)=O)[C@H](c2ccc(C)cc2)n2nnnc2N1. The maximum atomic E-state index is 12.2. The number of rotatable bonds is 3. The van der Waals surface area contributed by atoms with E-state index in [9.17, 15) is 9.59 Å². The number of aryl methyl sites for hydroxylation is 1. The molecular weight excluding hydrogens is 298 g/mol. The molecule has 0 spiro atoms. The van der Waals surface area contributed by atoms with E-state index in [2.05, 4.69) is 20.8 Å². The zero-order valence-electron chi connectivity index (χ0n) is 12.9. The molecule has 0 saturated heterocycles.